The van der Waals surface area contributed by atoms with Gasteiger partial charge in [0.2, 0.25) is 5.91 Å². The van der Waals surface area contributed by atoms with Gasteiger partial charge in [-0.1, -0.05) is 12.8 Å². The summed E-state index contributed by atoms with van der Waals surface area (Å²) >= 11 is 0. The van der Waals surface area contributed by atoms with E-state index in [1.54, 1.807) is 16.8 Å². The highest BCUT2D eigenvalue weighted by Gasteiger charge is 2.49. The molecule has 3 aliphatic rings. The monoisotopic (exact) mass is 391 g/mol. The molecule has 2 heterocycles. The van der Waals surface area contributed by atoms with Crippen LogP contribution in [-0.4, -0.2) is 59.9 Å². The predicted octanol–water partition coefficient (Wildman–Crippen LogP) is 2.56. The molecule has 1 aliphatic carbocycles. The Balaban J connectivity index is 1.63. The summed E-state index contributed by atoms with van der Waals surface area (Å²) < 4.78 is 27.6. The van der Waals surface area contributed by atoms with Crippen molar-refractivity contribution in [3.8, 4) is 0 Å². The van der Waals surface area contributed by atoms with Gasteiger partial charge >= 0.3 is 0 Å². The van der Waals surface area contributed by atoms with Crippen LogP contribution in [-0.2, 0) is 4.79 Å². The lowest BCUT2D eigenvalue weighted by Gasteiger charge is -2.35. The number of likely N-dealkylation sites (tertiary alicyclic amines) is 1. The normalized spacial score (nSPS) is 29.6. The van der Waals surface area contributed by atoms with Crippen molar-refractivity contribution in [2.45, 2.75) is 56.7 Å². The van der Waals surface area contributed by atoms with Crippen molar-refractivity contribution in [2.24, 2.45) is 5.92 Å². The lowest BCUT2D eigenvalue weighted by atomic mass is 9.84. The van der Waals surface area contributed by atoms with Gasteiger partial charge in [-0.25, -0.2) is 8.78 Å². The van der Waals surface area contributed by atoms with E-state index in [4.69, 9.17) is 0 Å². The third-order valence-corrected chi connectivity index (χ3v) is 6.70. The summed E-state index contributed by atoms with van der Waals surface area (Å²) in [5.41, 5.74) is -0.157. The first kappa shape index (κ1) is 19.3. The number of carbonyl (C=O) groups excluding carboxylic acids is 2. The zero-order valence-corrected chi connectivity index (χ0v) is 16.2. The number of hydrogen-bond acceptors (Lipinski definition) is 3. The fourth-order valence-corrected chi connectivity index (χ4v) is 5.16. The smallest absolute Gasteiger partial charge is 0.257 e. The number of benzene rings is 1. The Kier molecular flexibility index (Phi) is 5.36. The summed E-state index contributed by atoms with van der Waals surface area (Å²) in [6.45, 7) is 1.63. The highest BCUT2D eigenvalue weighted by Crippen LogP contribution is 2.41. The lowest BCUT2D eigenvalue weighted by molar-refractivity contribution is -0.136. The molecule has 0 bridgehead atoms. The van der Waals surface area contributed by atoms with E-state index in [9.17, 15) is 18.4 Å². The number of nitrogens with zero attached hydrogens (tertiary/aromatic N) is 2. The third kappa shape index (κ3) is 3.41. The van der Waals surface area contributed by atoms with Crippen LogP contribution in [0.15, 0.2) is 18.2 Å². The van der Waals surface area contributed by atoms with Gasteiger partial charge in [0.15, 0.2) is 0 Å². The minimum atomic E-state index is -0.871. The standard InChI is InChI=1S/C21H27F2N3O2/c1-25(15-8-9-24-12-15)21(28)19-10-13-4-2-3-5-18(13)26(19)20(27)16-7-6-14(22)11-17(16)23/h6-7,11,13,15,18-19,24H,2-5,8-10,12H2,1H3. The van der Waals surface area contributed by atoms with Gasteiger partial charge in [-0.2, -0.15) is 0 Å². The maximum Gasteiger partial charge on any atom is 0.257 e. The maximum atomic E-state index is 14.3. The van der Waals surface area contributed by atoms with Crippen molar-refractivity contribution in [1.29, 1.82) is 0 Å². The SMILES string of the molecule is CN(C(=O)C1CC2CCCCC2N1C(=O)c1ccc(F)cc1F)C1CCNC1. The number of likely N-dealkylation sites (N-methyl/N-ethyl adjacent to an activating group) is 1. The molecule has 4 unspecified atom stereocenters. The quantitative estimate of drug-likeness (QED) is 0.862. The number of halogens is 2. The van der Waals surface area contributed by atoms with Crippen molar-refractivity contribution >= 4 is 11.8 Å². The molecule has 2 amide bonds. The predicted molar refractivity (Wildman–Crippen MR) is 101 cm³/mol. The molecule has 3 fully saturated rings. The average molecular weight is 391 g/mol. The van der Waals surface area contributed by atoms with Crippen molar-refractivity contribution in [1.82, 2.24) is 15.1 Å². The molecule has 2 aliphatic heterocycles. The highest BCUT2D eigenvalue weighted by atomic mass is 19.1. The van der Waals surface area contributed by atoms with Crippen LogP contribution in [0.2, 0.25) is 0 Å². The van der Waals surface area contributed by atoms with Crippen LogP contribution in [0.1, 0.15) is 48.9 Å². The molecule has 5 nitrogen and oxygen atoms in total. The number of carbonyl (C=O) groups is 2. The van der Waals surface area contributed by atoms with Gasteiger partial charge in [-0.05, 0) is 50.3 Å². The third-order valence-electron chi connectivity index (χ3n) is 6.70. The van der Waals surface area contributed by atoms with E-state index in [2.05, 4.69) is 5.32 Å². The maximum absolute atomic E-state index is 14.3. The van der Waals surface area contributed by atoms with Crippen LogP contribution in [0.3, 0.4) is 0 Å². The second kappa shape index (κ2) is 7.78. The Hall–Kier alpha value is -2.02. The Bertz CT molecular complexity index is 766. The minimum Gasteiger partial charge on any atom is -0.340 e. The summed E-state index contributed by atoms with van der Waals surface area (Å²) in [6.07, 6.45) is 5.43. The van der Waals surface area contributed by atoms with Crippen LogP contribution in [0.25, 0.3) is 0 Å². The molecule has 7 heteroatoms. The fourth-order valence-electron chi connectivity index (χ4n) is 5.16. The molecule has 1 N–H and O–H groups in total. The molecule has 0 aromatic heterocycles. The molecule has 4 rings (SSSR count). The number of hydrogen-bond donors (Lipinski definition) is 1. The van der Waals surface area contributed by atoms with Crippen molar-refractivity contribution in [3.63, 3.8) is 0 Å². The van der Waals surface area contributed by atoms with Crippen molar-refractivity contribution in [3.05, 3.63) is 35.4 Å². The molecule has 0 spiro atoms. The highest BCUT2D eigenvalue weighted by molar-refractivity contribution is 5.98. The van der Waals surface area contributed by atoms with Gasteiger partial charge in [0.05, 0.1) is 5.56 Å². The molecular weight excluding hydrogens is 364 g/mol. The van der Waals surface area contributed by atoms with Crippen molar-refractivity contribution in [2.75, 3.05) is 20.1 Å². The van der Waals surface area contributed by atoms with Crippen LogP contribution in [0.5, 0.6) is 0 Å². The summed E-state index contributed by atoms with van der Waals surface area (Å²) in [5, 5.41) is 3.26. The summed E-state index contributed by atoms with van der Waals surface area (Å²) in [6, 6.07) is 2.52. The molecule has 1 saturated carbocycles. The van der Waals surface area contributed by atoms with E-state index in [0.717, 1.165) is 57.3 Å². The van der Waals surface area contributed by atoms with E-state index < -0.39 is 23.6 Å². The zero-order valence-electron chi connectivity index (χ0n) is 16.2. The summed E-state index contributed by atoms with van der Waals surface area (Å²) in [4.78, 5) is 30.0. The van der Waals surface area contributed by atoms with Crippen LogP contribution in [0, 0.1) is 17.6 Å². The van der Waals surface area contributed by atoms with Gasteiger partial charge in [-0.15, -0.1) is 0 Å². The minimum absolute atomic E-state index is 0.0465. The first-order valence-corrected chi connectivity index (χ1v) is 10.2. The first-order chi connectivity index (χ1) is 13.5. The molecular formula is C21H27F2N3O2. The largest absolute Gasteiger partial charge is 0.340 e. The number of rotatable bonds is 3. The second-order valence-corrected chi connectivity index (χ2v) is 8.30. The Morgan fingerprint density at radius 3 is 2.68 bits per heavy atom. The zero-order chi connectivity index (χ0) is 19.8. The molecule has 1 aromatic rings. The molecule has 152 valence electrons. The summed E-state index contributed by atoms with van der Waals surface area (Å²) in [7, 11) is 1.79. The van der Waals surface area contributed by atoms with E-state index in [1.165, 1.54) is 6.07 Å². The van der Waals surface area contributed by atoms with E-state index in [0.29, 0.717) is 6.42 Å². The lowest BCUT2D eigenvalue weighted by Crippen LogP contribution is -2.52. The van der Waals surface area contributed by atoms with E-state index in [-0.39, 0.29) is 29.5 Å². The van der Waals surface area contributed by atoms with Gasteiger partial charge in [0.1, 0.15) is 17.7 Å². The molecule has 28 heavy (non-hydrogen) atoms. The van der Waals surface area contributed by atoms with Crippen LogP contribution in [0.4, 0.5) is 8.78 Å². The first-order valence-electron chi connectivity index (χ1n) is 10.2. The van der Waals surface area contributed by atoms with Gasteiger partial charge < -0.3 is 15.1 Å². The van der Waals surface area contributed by atoms with Gasteiger partial charge in [0.25, 0.3) is 5.91 Å². The molecule has 4 atom stereocenters. The number of fused-ring (bicyclic) bond motifs is 1. The van der Waals surface area contributed by atoms with E-state index in [1.807, 2.05) is 0 Å². The fraction of sp³-hybridized carbons (Fsp3) is 0.619. The van der Waals surface area contributed by atoms with Crippen LogP contribution >= 0.6 is 0 Å². The van der Waals surface area contributed by atoms with Crippen LogP contribution < -0.4 is 5.32 Å². The Morgan fingerprint density at radius 2 is 1.96 bits per heavy atom. The molecule has 0 radical (unpaired) electrons. The topological polar surface area (TPSA) is 52.7 Å². The van der Waals surface area contributed by atoms with Crippen molar-refractivity contribution < 1.29 is 18.4 Å². The Labute approximate surface area is 164 Å². The molecule has 1 aromatic carbocycles. The number of amides is 2. The Morgan fingerprint density at radius 1 is 1.18 bits per heavy atom. The molecule has 2 saturated heterocycles. The average Bonchev–Trinajstić information content (AvgIpc) is 3.34. The van der Waals surface area contributed by atoms with Gasteiger partial charge in [-0.3, -0.25) is 9.59 Å². The number of nitrogens with one attached hydrogen (secondary N) is 1. The summed E-state index contributed by atoms with van der Waals surface area (Å²) in [5.74, 6) is -1.89. The van der Waals surface area contributed by atoms with E-state index >= 15 is 0 Å². The van der Waals surface area contributed by atoms with Gasteiger partial charge in [0, 0.05) is 31.7 Å². The second-order valence-electron chi connectivity index (χ2n) is 8.30.